The maximum Gasteiger partial charge on any atom is 0.259 e. The van der Waals surface area contributed by atoms with Crippen LogP contribution in [0.5, 0.6) is 0 Å². The fourth-order valence-corrected chi connectivity index (χ4v) is 1.50. The van der Waals surface area contributed by atoms with Crippen molar-refractivity contribution in [2.45, 2.75) is 0 Å². The minimum absolute atomic E-state index is 0.210. The molecule has 1 rings (SSSR count). The monoisotopic (exact) mass is 258 g/mol. The molecule has 0 aromatic heterocycles. The van der Waals surface area contributed by atoms with Crippen molar-refractivity contribution in [3.8, 4) is 0 Å². The predicted octanol–water partition coefficient (Wildman–Crippen LogP) is 0.611. The summed E-state index contributed by atoms with van der Waals surface area (Å²) < 4.78 is 26.2. The van der Waals surface area contributed by atoms with E-state index in [4.69, 9.17) is 9.29 Å². The van der Waals surface area contributed by atoms with E-state index in [9.17, 15) is 9.00 Å². The molecular weight excluding hydrogens is 244 g/mol. The number of amides is 1. The lowest BCUT2D eigenvalue weighted by molar-refractivity contribution is 0.0937. The van der Waals surface area contributed by atoms with Crippen LogP contribution in [0.3, 0.4) is 0 Å². The summed E-state index contributed by atoms with van der Waals surface area (Å²) in [5.74, 6) is -0.210. The molecule has 0 aliphatic rings. The van der Waals surface area contributed by atoms with E-state index < -0.39 is 11.3 Å². The van der Waals surface area contributed by atoms with Gasteiger partial charge in [0.25, 0.3) is 17.2 Å². The zero-order valence-electron chi connectivity index (χ0n) is 9.30. The summed E-state index contributed by atoms with van der Waals surface area (Å²) in [5, 5.41) is 2.67. The minimum atomic E-state index is -2.11. The molecule has 0 aliphatic heterocycles. The number of methoxy groups -OCH3 is 1. The maximum absolute atomic E-state index is 11.6. The second-order valence-corrected chi connectivity index (χ2v) is 3.88. The summed E-state index contributed by atoms with van der Waals surface area (Å²) in [4.78, 5) is 11.6. The van der Waals surface area contributed by atoms with Crippen LogP contribution in [-0.2, 0) is 16.0 Å². The van der Waals surface area contributed by atoms with Crippen LogP contribution in [0.15, 0.2) is 24.3 Å². The Labute approximate surface area is 102 Å². The average Bonchev–Trinajstić information content (AvgIpc) is 2.29. The van der Waals surface area contributed by atoms with Crippen molar-refractivity contribution in [1.82, 2.24) is 5.32 Å². The van der Waals surface area contributed by atoms with Crippen molar-refractivity contribution >= 4 is 22.9 Å². The van der Waals surface area contributed by atoms with Gasteiger partial charge in [-0.05, 0) is 24.3 Å². The number of benzene rings is 1. The van der Waals surface area contributed by atoms with Crippen molar-refractivity contribution in [1.29, 1.82) is 0 Å². The maximum atomic E-state index is 11.6. The number of carbonyl (C=O) groups excluding carboxylic acids is 1. The number of hydrogen-bond donors (Lipinski definition) is 3. The molecule has 1 amide bonds. The summed E-state index contributed by atoms with van der Waals surface area (Å²) in [5.41, 5.74) is 0.953. The van der Waals surface area contributed by atoms with Gasteiger partial charge in [0.1, 0.15) is 0 Å². The second-order valence-electron chi connectivity index (χ2n) is 3.18. The lowest BCUT2D eigenvalue weighted by Gasteiger charge is -2.05. The third kappa shape index (κ3) is 4.94. The van der Waals surface area contributed by atoms with Gasteiger partial charge in [-0.3, -0.25) is 14.1 Å². The lowest BCUT2D eigenvalue weighted by atomic mass is 10.2. The molecule has 1 unspecified atom stereocenters. The van der Waals surface area contributed by atoms with E-state index in [1.165, 1.54) is 0 Å². The van der Waals surface area contributed by atoms with E-state index in [-0.39, 0.29) is 5.91 Å². The van der Waals surface area contributed by atoms with Crippen LogP contribution >= 0.6 is 0 Å². The van der Waals surface area contributed by atoms with Gasteiger partial charge < -0.3 is 10.1 Å². The smallest absolute Gasteiger partial charge is 0.259 e. The third-order valence-electron chi connectivity index (χ3n) is 1.94. The van der Waals surface area contributed by atoms with Gasteiger partial charge in [0.15, 0.2) is 0 Å². The summed E-state index contributed by atoms with van der Waals surface area (Å²) in [7, 11) is 1.56. The quantitative estimate of drug-likeness (QED) is 0.515. The van der Waals surface area contributed by atoms with E-state index in [2.05, 4.69) is 10.0 Å². The highest BCUT2D eigenvalue weighted by atomic mass is 32.2. The van der Waals surface area contributed by atoms with Gasteiger partial charge in [0, 0.05) is 24.9 Å². The Bertz CT molecular complexity index is 394. The summed E-state index contributed by atoms with van der Waals surface area (Å²) in [6, 6.07) is 6.24. The fourth-order valence-electron chi connectivity index (χ4n) is 1.16. The molecule has 0 aliphatic carbocycles. The van der Waals surface area contributed by atoms with Gasteiger partial charge >= 0.3 is 0 Å². The molecule has 3 N–H and O–H groups in total. The molecule has 7 heteroatoms. The first-order chi connectivity index (χ1) is 8.13. The number of hydrogen-bond acceptors (Lipinski definition) is 3. The van der Waals surface area contributed by atoms with Gasteiger partial charge in [0.05, 0.1) is 6.61 Å². The van der Waals surface area contributed by atoms with Gasteiger partial charge in [-0.2, -0.15) is 0 Å². The standard InChI is InChI=1S/C10H14N2O4S/c1-16-7-6-11-10(13)8-2-4-9(5-3-8)12-17(14)15/h2-5,12H,6-7H2,1H3,(H,11,13)(H,14,15). The molecule has 1 atom stereocenters. The molecule has 0 fully saturated rings. The minimum Gasteiger partial charge on any atom is -0.383 e. The summed E-state index contributed by atoms with van der Waals surface area (Å²) in [6.45, 7) is 0.894. The Balaban J connectivity index is 2.54. The Hall–Kier alpha value is -1.44. The molecular formula is C10H14N2O4S. The second kappa shape index (κ2) is 7.00. The van der Waals surface area contributed by atoms with E-state index in [0.717, 1.165) is 0 Å². The van der Waals surface area contributed by atoms with Crippen LogP contribution in [0, 0.1) is 0 Å². The van der Waals surface area contributed by atoms with Gasteiger partial charge in [0.2, 0.25) is 0 Å². The van der Waals surface area contributed by atoms with E-state index >= 15 is 0 Å². The topological polar surface area (TPSA) is 87.7 Å². The highest BCUT2D eigenvalue weighted by Gasteiger charge is 2.04. The van der Waals surface area contributed by atoms with Crippen LogP contribution < -0.4 is 10.0 Å². The van der Waals surface area contributed by atoms with Crippen molar-refractivity contribution in [2.24, 2.45) is 0 Å². The molecule has 17 heavy (non-hydrogen) atoms. The number of anilines is 1. The van der Waals surface area contributed by atoms with Gasteiger partial charge in [-0.25, -0.2) is 4.21 Å². The van der Waals surface area contributed by atoms with Crippen molar-refractivity contribution in [3.05, 3.63) is 29.8 Å². The number of nitrogens with one attached hydrogen (secondary N) is 2. The van der Waals surface area contributed by atoms with Crippen LogP contribution in [-0.4, -0.2) is 34.9 Å². The van der Waals surface area contributed by atoms with E-state index in [1.807, 2.05) is 0 Å². The molecule has 94 valence electrons. The van der Waals surface area contributed by atoms with Gasteiger partial charge in [-0.15, -0.1) is 0 Å². The molecule has 1 aromatic carbocycles. The number of carbonyl (C=O) groups is 1. The predicted molar refractivity (Wildman–Crippen MR) is 65.0 cm³/mol. The van der Waals surface area contributed by atoms with Crippen molar-refractivity contribution in [3.63, 3.8) is 0 Å². The first kappa shape index (κ1) is 13.6. The highest BCUT2D eigenvalue weighted by molar-refractivity contribution is 7.80. The van der Waals surface area contributed by atoms with Crippen LogP contribution in [0.25, 0.3) is 0 Å². The highest BCUT2D eigenvalue weighted by Crippen LogP contribution is 2.09. The number of ether oxygens (including phenoxy) is 1. The van der Waals surface area contributed by atoms with Crippen molar-refractivity contribution in [2.75, 3.05) is 25.0 Å². The summed E-state index contributed by atoms with van der Waals surface area (Å²) >= 11 is -2.11. The first-order valence-electron chi connectivity index (χ1n) is 4.88. The summed E-state index contributed by atoms with van der Waals surface area (Å²) in [6.07, 6.45) is 0. The van der Waals surface area contributed by atoms with Crippen LogP contribution in [0.1, 0.15) is 10.4 Å². The molecule has 0 spiro atoms. The molecule has 0 bridgehead atoms. The molecule has 0 heterocycles. The molecule has 0 saturated carbocycles. The zero-order valence-corrected chi connectivity index (χ0v) is 10.1. The normalized spacial score (nSPS) is 11.9. The average molecular weight is 258 g/mol. The van der Waals surface area contributed by atoms with Gasteiger partial charge in [-0.1, -0.05) is 0 Å². The van der Waals surface area contributed by atoms with Crippen molar-refractivity contribution < 1.29 is 18.3 Å². The Morgan fingerprint density at radius 3 is 2.59 bits per heavy atom. The third-order valence-corrected chi connectivity index (χ3v) is 2.35. The molecule has 0 saturated heterocycles. The number of rotatable bonds is 6. The lowest BCUT2D eigenvalue weighted by Crippen LogP contribution is -2.26. The van der Waals surface area contributed by atoms with E-state index in [0.29, 0.717) is 24.4 Å². The van der Waals surface area contributed by atoms with E-state index in [1.54, 1.807) is 31.4 Å². The van der Waals surface area contributed by atoms with Crippen LogP contribution in [0.2, 0.25) is 0 Å². The fraction of sp³-hybridized carbons (Fsp3) is 0.300. The SMILES string of the molecule is COCCNC(=O)c1ccc(NS(=O)O)cc1. The van der Waals surface area contributed by atoms with Crippen LogP contribution in [0.4, 0.5) is 5.69 Å². The zero-order chi connectivity index (χ0) is 12.7. The Morgan fingerprint density at radius 2 is 2.06 bits per heavy atom. The Kier molecular flexibility index (Phi) is 5.61. The molecule has 0 radical (unpaired) electrons. The molecule has 6 nitrogen and oxygen atoms in total. The molecule has 1 aromatic rings. The Morgan fingerprint density at radius 1 is 1.41 bits per heavy atom. The first-order valence-corrected chi connectivity index (χ1v) is 5.99. The largest absolute Gasteiger partial charge is 0.383 e.